The second-order valence-corrected chi connectivity index (χ2v) is 16.3. The third kappa shape index (κ3) is 7.46. The van der Waals surface area contributed by atoms with Crippen molar-refractivity contribution >= 4 is 45.6 Å². The van der Waals surface area contributed by atoms with E-state index in [1.54, 1.807) is 24.3 Å². The smallest absolute Gasteiger partial charge is 0.178 e. The molecule has 4 atom stereocenters. The normalized spacial score (nSPS) is 26.8. The van der Waals surface area contributed by atoms with Gasteiger partial charge in [0.25, 0.3) is 0 Å². The van der Waals surface area contributed by atoms with Crippen LogP contribution >= 0.6 is 24.2 Å². The average Bonchev–Trinajstić information content (AvgIpc) is 3.66. The van der Waals surface area contributed by atoms with Gasteiger partial charge in [-0.15, -0.1) is 0 Å². The number of aliphatic imine (C=N–C) groups is 2. The van der Waals surface area contributed by atoms with Crippen molar-refractivity contribution in [1.82, 2.24) is 4.90 Å². The summed E-state index contributed by atoms with van der Waals surface area (Å²) in [5.74, 6) is 0.626. The van der Waals surface area contributed by atoms with E-state index in [0.29, 0.717) is 47.2 Å². The van der Waals surface area contributed by atoms with Crippen molar-refractivity contribution in [1.29, 1.82) is 0 Å². The summed E-state index contributed by atoms with van der Waals surface area (Å²) in [6, 6.07) is 10.9. The first-order chi connectivity index (χ1) is 22.4. The van der Waals surface area contributed by atoms with Gasteiger partial charge in [0.1, 0.15) is 23.9 Å². The molecular formula is C36H40ClF2N3O3S2. The molecule has 2 aromatic rings. The second kappa shape index (κ2) is 14.0. The highest BCUT2D eigenvalue weighted by Crippen LogP contribution is 2.45. The maximum absolute atomic E-state index is 14.1. The molecule has 0 spiro atoms. The molecule has 47 heavy (non-hydrogen) atoms. The number of aliphatic hydroxyl groups is 1. The fourth-order valence-electron chi connectivity index (χ4n) is 7.14. The predicted octanol–water partition coefficient (Wildman–Crippen LogP) is 7.96. The van der Waals surface area contributed by atoms with Gasteiger partial charge in [-0.2, -0.15) is 12.6 Å². The first kappa shape index (κ1) is 34.1. The molecule has 1 saturated carbocycles. The van der Waals surface area contributed by atoms with Gasteiger partial charge in [0, 0.05) is 28.4 Å². The summed E-state index contributed by atoms with van der Waals surface area (Å²) in [6.45, 7) is 3.94. The molecule has 0 amide bonds. The molecule has 2 aromatic carbocycles. The van der Waals surface area contributed by atoms with Crippen molar-refractivity contribution < 1.29 is 22.3 Å². The van der Waals surface area contributed by atoms with Crippen LogP contribution in [-0.4, -0.2) is 59.8 Å². The van der Waals surface area contributed by atoms with Crippen LogP contribution in [0, 0.1) is 11.7 Å². The standard InChI is InChI=1S/C36H40ClF2N3O3S2/c1-21(38)17-27-8-14-32(40-27)34-33-18-23(20-42(33)36(22(2)46)41-35(34)30-13-7-26(39)19-31(30)37)15-16-47(44,45)29-11-5-25(6-12-29)24-3-9-28(43)10-4-24/h5-8,11-14,17,19,21-24,28,35,43,46H,3-4,9-10,15-16,18,20H2,1-2H3/b27-17-/t21?,22?,23-,24?,28?,35-/m0/s1. The van der Waals surface area contributed by atoms with Gasteiger partial charge in [-0.3, -0.25) is 4.99 Å². The summed E-state index contributed by atoms with van der Waals surface area (Å²) in [6.07, 6.45) is 8.00. The number of allylic oxidation sites excluding steroid dienone is 4. The number of halogens is 3. The number of nitrogens with zero attached hydrogens (tertiary/aromatic N) is 3. The minimum Gasteiger partial charge on any atom is -0.393 e. The van der Waals surface area contributed by atoms with E-state index in [-0.39, 0.29) is 28.0 Å². The number of aliphatic hydroxyl groups excluding tert-OH is 1. The van der Waals surface area contributed by atoms with Crippen molar-refractivity contribution in [3.8, 4) is 0 Å². The third-order valence-electron chi connectivity index (χ3n) is 9.54. The Bertz CT molecular complexity index is 1780. The van der Waals surface area contributed by atoms with Crippen LogP contribution in [0.25, 0.3) is 0 Å². The Morgan fingerprint density at radius 3 is 2.49 bits per heavy atom. The molecule has 1 saturated heterocycles. The van der Waals surface area contributed by atoms with E-state index in [1.807, 2.05) is 25.1 Å². The van der Waals surface area contributed by atoms with Gasteiger partial charge >= 0.3 is 0 Å². The third-order valence-corrected chi connectivity index (χ3v) is 11.9. The lowest BCUT2D eigenvalue weighted by Gasteiger charge is -2.35. The fourth-order valence-corrected chi connectivity index (χ4v) is 9.05. The van der Waals surface area contributed by atoms with Gasteiger partial charge < -0.3 is 10.0 Å². The van der Waals surface area contributed by atoms with Gasteiger partial charge in [-0.25, -0.2) is 22.2 Å². The summed E-state index contributed by atoms with van der Waals surface area (Å²) >= 11 is 11.3. The maximum atomic E-state index is 14.1. The highest BCUT2D eigenvalue weighted by atomic mass is 35.5. The lowest BCUT2D eigenvalue weighted by molar-refractivity contribution is 0.122. The number of benzene rings is 2. The largest absolute Gasteiger partial charge is 0.393 e. The zero-order chi connectivity index (χ0) is 33.5. The quantitative estimate of drug-likeness (QED) is 0.260. The molecule has 250 valence electrons. The Balaban J connectivity index is 1.28. The lowest BCUT2D eigenvalue weighted by Crippen LogP contribution is -2.38. The molecule has 11 heteroatoms. The number of amidine groups is 1. The van der Waals surface area contributed by atoms with Gasteiger partial charge in [0.15, 0.2) is 9.84 Å². The molecule has 2 fully saturated rings. The first-order valence-corrected chi connectivity index (χ1v) is 18.8. The van der Waals surface area contributed by atoms with Gasteiger partial charge in [0.05, 0.1) is 33.4 Å². The van der Waals surface area contributed by atoms with Crippen molar-refractivity contribution in [3.63, 3.8) is 0 Å². The molecule has 1 N–H and O–H groups in total. The number of sulfone groups is 1. The monoisotopic (exact) mass is 699 g/mol. The molecule has 1 aliphatic carbocycles. The fraction of sp³-hybridized carbons (Fsp3) is 0.444. The molecule has 4 aliphatic rings. The van der Waals surface area contributed by atoms with Crippen LogP contribution in [0.2, 0.25) is 5.02 Å². The van der Waals surface area contributed by atoms with Crippen molar-refractivity contribution in [2.45, 2.75) is 86.8 Å². The highest BCUT2D eigenvalue weighted by molar-refractivity contribution is 7.91. The number of fused-ring (bicyclic) bond motifs is 1. The van der Waals surface area contributed by atoms with Gasteiger partial charge in [0.2, 0.25) is 0 Å². The molecule has 6 rings (SSSR count). The van der Waals surface area contributed by atoms with E-state index in [2.05, 4.69) is 4.90 Å². The molecular weight excluding hydrogens is 660 g/mol. The summed E-state index contributed by atoms with van der Waals surface area (Å²) in [4.78, 5) is 12.3. The molecule has 0 bridgehead atoms. The Hall–Kier alpha value is -2.79. The Kier molecular flexibility index (Phi) is 10.1. The summed E-state index contributed by atoms with van der Waals surface area (Å²) in [5, 5.41) is 9.83. The number of thiol groups is 1. The summed E-state index contributed by atoms with van der Waals surface area (Å²) in [5.41, 5.74) is 4.60. The minimum atomic E-state index is -3.53. The van der Waals surface area contributed by atoms with Crippen molar-refractivity contribution in [2.24, 2.45) is 15.9 Å². The molecule has 0 radical (unpaired) electrons. The van der Waals surface area contributed by atoms with Gasteiger partial charge in [-0.05, 0) is 112 Å². The summed E-state index contributed by atoms with van der Waals surface area (Å²) < 4.78 is 54.9. The molecule has 0 aromatic heterocycles. The number of alkyl halides is 1. The summed E-state index contributed by atoms with van der Waals surface area (Å²) in [7, 11) is -3.53. The van der Waals surface area contributed by atoms with Gasteiger partial charge in [-0.1, -0.05) is 29.8 Å². The number of hydrogen-bond acceptors (Lipinski definition) is 7. The van der Waals surface area contributed by atoms with E-state index < -0.39 is 27.9 Å². The van der Waals surface area contributed by atoms with E-state index in [4.69, 9.17) is 34.2 Å². The average molecular weight is 700 g/mol. The minimum absolute atomic E-state index is 0.00132. The first-order valence-electron chi connectivity index (χ1n) is 16.2. The topological polar surface area (TPSA) is 82.3 Å². The van der Waals surface area contributed by atoms with Crippen LogP contribution in [0.1, 0.15) is 75.5 Å². The second-order valence-electron chi connectivity index (χ2n) is 13.1. The number of hydrogen-bond donors (Lipinski definition) is 2. The van der Waals surface area contributed by atoms with E-state index in [9.17, 15) is 22.3 Å². The molecule has 2 unspecified atom stereocenters. The Labute approximate surface area is 286 Å². The van der Waals surface area contributed by atoms with Crippen LogP contribution in [-0.2, 0) is 9.84 Å². The van der Waals surface area contributed by atoms with Crippen molar-refractivity contribution in [3.05, 3.63) is 99.6 Å². The van der Waals surface area contributed by atoms with Crippen LogP contribution in [0.15, 0.2) is 92.5 Å². The molecule has 6 nitrogen and oxygen atoms in total. The van der Waals surface area contributed by atoms with Crippen LogP contribution in [0.4, 0.5) is 8.78 Å². The van der Waals surface area contributed by atoms with E-state index in [0.717, 1.165) is 48.4 Å². The molecule has 3 heterocycles. The highest BCUT2D eigenvalue weighted by Gasteiger charge is 2.41. The lowest BCUT2D eigenvalue weighted by atomic mass is 9.83. The van der Waals surface area contributed by atoms with Crippen LogP contribution in [0.3, 0.4) is 0 Å². The SMILES string of the molecule is CC(F)/C=C1/C=CC(C2=C3C[C@H](CCS(=O)(=O)c4ccc(C5CCC(O)CC5)cc4)CN3C(C(C)S)=N[C@H]2c2ccc(F)cc2Cl)=N1. The van der Waals surface area contributed by atoms with E-state index >= 15 is 0 Å². The predicted molar refractivity (Wildman–Crippen MR) is 187 cm³/mol. The van der Waals surface area contributed by atoms with Crippen molar-refractivity contribution in [2.75, 3.05) is 12.3 Å². The van der Waals surface area contributed by atoms with E-state index in [1.165, 1.54) is 25.1 Å². The Morgan fingerprint density at radius 1 is 1.11 bits per heavy atom. The molecule has 3 aliphatic heterocycles. The maximum Gasteiger partial charge on any atom is 0.178 e. The zero-order valence-corrected chi connectivity index (χ0v) is 29.0. The Morgan fingerprint density at radius 2 is 1.83 bits per heavy atom. The van der Waals surface area contributed by atoms with Crippen LogP contribution in [0.5, 0.6) is 0 Å². The van der Waals surface area contributed by atoms with Crippen LogP contribution < -0.4 is 0 Å². The number of rotatable bonds is 9. The zero-order valence-electron chi connectivity index (χ0n) is 26.5.